The Hall–Kier alpha value is -0.830. The lowest BCUT2D eigenvalue weighted by Gasteiger charge is -2.01. The molecule has 0 heterocycles. The Morgan fingerprint density at radius 3 is 2.79 bits per heavy atom. The van der Waals surface area contributed by atoms with Crippen LogP contribution in [0, 0.1) is 12.7 Å². The van der Waals surface area contributed by atoms with Gasteiger partial charge in [-0.15, -0.1) is 0 Å². The van der Waals surface area contributed by atoms with Gasteiger partial charge in [0, 0.05) is 17.7 Å². The van der Waals surface area contributed by atoms with Gasteiger partial charge in [-0.05, 0) is 24.8 Å². The number of hydrogen-bond acceptors (Lipinski definition) is 2. The van der Waals surface area contributed by atoms with E-state index < -0.39 is 0 Å². The van der Waals surface area contributed by atoms with Crippen molar-refractivity contribution in [2.75, 3.05) is 12.0 Å². The summed E-state index contributed by atoms with van der Waals surface area (Å²) in [5, 5.41) is 0. The quantitative estimate of drug-likeness (QED) is 0.713. The van der Waals surface area contributed by atoms with Gasteiger partial charge in [0.1, 0.15) is 5.82 Å². The van der Waals surface area contributed by atoms with Crippen molar-refractivity contribution in [1.82, 2.24) is 0 Å². The lowest BCUT2D eigenvalue weighted by Crippen LogP contribution is -2.01. The standard InChI is InChI=1S/C11H13FOS/c1-8-3-4-9(7-10(8)12)11(13)5-6-14-2/h3-4,7H,5-6H2,1-2H3. The van der Waals surface area contributed by atoms with Crippen molar-refractivity contribution in [2.45, 2.75) is 13.3 Å². The maximum absolute atomic E-state index is 13.1. The van der Waals surface area contributed by atoms with Gasteiger partial charge in [-0.3, -0.25) is 4.79 Å². The second-order valence-corrected chi connectivity index (χ2v) is 4.12. The Morgan fingerprint density at radius 1 is 1.50 bits per heavy atom. The van der Waals surface area contributed by atoms with Gasteiger partial charge in [0.05, 0.1) is 0 Å². The number of carbonyl (C=O) groups is 1. The third-order valence-electron chi connectivity index (χ3n) is 2.03. The minimum absolute atomic E-state index is 0.0123. The minimum atomic E-state index is -0.306. The summed E-state index contributed by atoms with van der Waals surface area (Å²) in [5.41, 5.74) is 1.05. The number of hydrogen-bond donors (Lipinski definition) is 0. The van der Waals surface area contributed by atoms with E-state index in [4.69, 9.17) is 0 Å². The molecule has 0 atom stereocenters. The Labute approximate surface area is 87.7 Å². The van der Waals surface area contributed by atoms with Gasteiger partial charge in [0.15, 0.2) is 5.78 Å². The monoisotopic (exact) mass is 212 g/mol. The van der Waals surface area contributed by atoms with Crippen molar-refractivity contribution in [3.63, 3.8) is 0 Å². The smallest absolute Gasteiger partial charge is 0.163 e. The zero-order chi connectivity index (χ0) is 10.6. The van der Waals surface area contributed by atoms with Gasteiger partial charge in [-0.1, -0.05) is 12.1 Å². The lowest BCUT2D eigenvalue weighted by molar-refractivity contribution is 0.0989. The number of aryl methyl sites for hydroxylation is 1. The summed E-state index contributed by atoms with van der Waals surface area (Å²) in [4.78, 5) is 11.5. The average molecular weight is 212 g/mol. The zero-order valence-corrected chi connectivity index (χ0v) is 9.16. The molecule has 0 aromatic heterocycles. The molecule has 0 radical (unpaired) electrons. The normalized spacial score (nSPS) is 10.2. The van der Waals surface area contributed by atoms with Gasteiger partial charge < -0.3 is 0 Å². The van der Waals surface area contributed by atoms with Crippen molar-refractivity contribution in [2.24, 2.45) is 0 Å². The average Bonchev–Trinajstić information content (AvgIpc) is 2.18. The second kappa shape index (κ2) is 5.15. The predicted octanol–water partition coefficient (Wildman–Crippen LogP) is 3.07. The first kappa shape index (κ1) is 11.2. The molecule has 3 heteroatoms. The SMILES string of the molecule is CSCCC(=O)c1ccc(C)c(F)c1. The summed E-state index contributed by atoms with van der Waals surface area (Å²) < 4.78 is 13.1. The second-order valence-electron chi connectivity index (χ2n) is 3.13. The van der Waals surface area contributed by atoms with Gasteiger partial charge in [-0.2, -0.15) is 11.8 Å². The van der Waals surface area contributed by atoms with E-state index in [-0.39, 0.29) is 11.6 Å². The molecule has 0 unspecified atom stereocenters. The summed E-state index contributed by atoms with van der Waals surface area (Å²) in [6.45, 7) is 1.69. The number of thioether (sulfide) groups is 1. The molecule has 1 aromatic carbocycles. The first-order valence-corrected chi connectivity index (χ1v) is 5.83. The first-order chi connectivity index (χ1) is 6.65. The number of benzene rings is 1. The predicted molar refractivity (Wildman–Crippen MR) is 58.5 cm³/mol. The molecule has 0 N–H and O–H groups in total. The molecular formula is C11H13FOS. The summed E-state index contributed by atoms with van der Waals surface area (Å²) in [5.74, 6) is 0.493. The van der Waals surface area contributed by atoms with Crippen LogP contribution in [0.4, 0.5) is 4.39 Å². The lowest BCUT2D eigenvalue weighted by atomic mass is 10.1. The van der Waals surface area contributed by atoms with E-state index in [1.54, 1.807) is 30.8 Å². The van der Waals surface area contributed by atoms with E-state index in [9.17, 15) is 9.18 Å². The minimum Gasteiger partial charge on any atom is -0.294 e. The topological polar surface area (TPSA) is 17.1 Å². The fraction of sp³-hybridized carbons (Fsp3) is 0.364. The largest absolute Gasteiger partial charge is 0.294 e. The highest BCUT2D eigenvalue weighted by Crippen LogP contribution is 2.11. The molecule has 0 aliphatic heterocycles. The Kier molecular flexibility index (Phi) is 4.14. The van der Waals surface area contributed by atoms with Gasteiger partial charge >= 0.3 is 0 Å². The van der Waals surface area contributed by atoms with E-state index in [0.29, 0.717) is 17.5 Å². The fourth-order valence-electron chi connectivity index (χ4n) is 1.11. The van der Waals surface area contributed by atoms with Crippen LogP contribution in [0.25, 0.3) is 0 Å². The molecule has 0 spiro atoms. The molecule has 0 bridgehead atoms. The van der Waals surface area contributed by atoms with Gasteiger partial charge in [0.2, 0.25) is 0 Å². The van der Waals surface area contributed by atoms with Crippen molar-refractivity contribution in [3.8, 4) is 0 Å². The van der Waals surface area contributed by atoms with Crippen LogP contribution in [0.15, 0.2) is 18.2 Å². The molecule has 0 amide bonds. The number of halogens is 1. The van der Waals surface area contributed by atoms with Gasteiger partial charge in [0.25, 0.3) is 0 Å². The summed E-state index contributed by atoms with van der Waals surface area (Å²) in [7, 11) is 0. The van der Waals surface area contributed by atoms with Crippen LogP contribution >= 0.6 is 11.8 Å². The molecule has 0 fully saturated rings. The number of carbonyl (C=O) groups excluding carboxylic acids is 1. The maximum atomic E-state index is 13.1. The summed E-state index contributed by atoms with van der Waals surface area (Å²) in [6, 6.07) is 4.64. The van der Waals surface area contributed by atoms with E-state index >= 15 is 0 Å². The maximum Gasteiger partial charge on any atom is 0.163 e. The number of rotatable bonds is 4. The summed E-state index contributed by atoms with van der Waals surface area (Å²) >= 11 is 1.62. The molecule has 0 saturated heterocycles. The third kappa shape index (κ3) is 2.84. The Bertz CT molecular complexity index is 336. The molecule has 14 heavy (non-hydrogen) atoms. The molecule has 0 aliphatic carbocycles. The van der Waals surface area contributed by atoms with Crippen LogP contribution in [-0.2, 0) is 0 Å². The van der Waals surface area contributed by atoms with Crippen LogP contribution in [0.3, 0.4) is 0 Å². The van der Waals surface area contributed by atoms with E-state index in [0.717, 1.165) is 5.75 Å². The summed E-state index contributed by atoms with van der Waals surface area (Å²) in [6.07, 6.45) is 2.42. The molecule has 0 saturated carbocycles. The Morgan fingerprint density at radius 2 is 2.21 bits per heavy atom. The van der Waals surface area contributed by atoms with Crippen LogP contribution in [-0.4, -0.2) is 17.8 Å². The van der Waals surface area contributed by atoms with Crippen LogP contribution in [0.2, 0.25) is 0 Å². The van der Waals surface area contributed by atoms with Crippen molar-refractivity contribution >= 4 is 17.5 Å². The number of Topliss-reactive ketones (excluding diaryl/α,β-unsaturated/α-hetero) is 1. The molecule has 1 rings (SSSR count). The van der Waals surface area contributed by atoms with Crippen LogP contribution < -0.4 is 0 Å². The molecular weight excluding hydrogens is 199 g/mol. The third-order valence-corrected chi connectivity index (χ3v) is 2.64. The first-order valence-electron chi connectivity index (χ1n) is 4.43. The van der Waals surface area contributed by atoms with E-state index in [1.807, 2.05) is 6.26 Å². The van der Waals surface area contributed by atoms with E-state index in [2.05, 4.69) is 0 Å². The molecule has 1 nitrogen and oxygen atoms in total. The van der Waals surface area contributed by atoms with Gasteiger partial charge in [-0.25, -0.2) is 4.39 Å². The fourth-order valence-corrected chi connectivity index (χ4v) is 1.49. The van der Waals surface area contributed by atoms with Crippen LogP contribution in [0.5, 0.6) is 0 Å². The molecule has 0 aliphatic rings. The van der Waals surface area contributed by atoms with Crippen molar-refractivity contribution in [1.29, 1.82) is 0 Å². The van der Waals surface area contributed by atoms with Crippen molar-refractivity contribution < 1.29 is 9.18 Å². The van der Waals surface area contributed by atoms with E-state index in [1.165, 1.54) is 6.07 Å². The highest BCUT2D eigenvalue weighted by atomic mass is 32.2. The highest BCUT2D eigenvalue weighted by Gasteiger charge is 2.07. The highest BCUT2D eigenvalue weighted by molar-refractivity contribution is 7.98. The van der Waals surface area contributed by atoms with Crippen molar-refractivity contribution in [3.05, 3.63) is 35.1 Å². The van der Waals surface area contributed by atoms with Crippen LogP contribution in [0.1, 0.15) is 22.3 Å². The number of ketones is 1. The molecule has 1 aromatic rings. The zero-order valence-electron chi connectivity index (χ0n) is 8.34. The molecule has 76 valence electrons. The Balaban J connectivity index is 2.76.